The second-order valence-electron chi connectivity index (χ2n) is 6.23. The van der Waals surface area contributed by atoms with Crippen molar-refractivity contribution >= 4 is 11.8 Å². The quantitative estimate of drug-likeness (QED) is 0.770. The van der Waals surface area contributed by atoms with Gasteiger partial charge in [0.05, 0.1) is 6.54 Å². The van der Waals surface area contributed by atoms with Gasteiger partial charge in [0.1, 0.15) is 0 Å². The third-order valence-electron chi connectivity index (χ3n) is 3.02. The van der Waals surface area contributed by atoms with Crippen LogP contribution >= 0.6 is 0 Å². The van der Waals surface area contributed by atoms with Crippen LogP contribution in [-0.4, -0.2) is 42.4 Å². The maximum absolute atomic E-state index is 11.8. The van der Waals surface area contributed by atoms with Gasteiger partial charge < -0.3 is 16.0 Å². The summed E-state index contributed by atoms with van der Waals surface area (Å²) in [6.45, 7) is 7.51. The molecule has 5 heteroatoms. The lowest BCUT2D eigenvalue weighted by Gasteiger charge is -2.30. The van der Waals surface area contributed by atoms with Crippen molar-refractivity contribution in [2.45, 2.75) is 46.1 Å². The Kier molecular flexibility index (Phi) is 5.14. The first-order valence-corrected chi connectivity index (χ1v) is 6.58. The summed E-state index contributed by atoms with van der Waals surface area (Å²) >= 11 is 0. The number of amides is 2. The van der Waals surface area contributed by atoms with Crippen molar-refractivity contribution in [3.05, 3.63) is 0 Å². The van der Waals surface area contributed by atoms with Crippen molar-refractivity contribution in [3.8, 4) is 0 Å². The van der Waals surface area contributed by atoms with E-state index in [2.05, 4.69) is 5.32 Å². The van der Waals surface area contributed by atoms with Crippen LogP contribution < -0.4 is 11.1 Å². The molecular weight excluding hydrogens is 230 g/mol. The summed E-state index contributed by atoms with van der Waals surface area (Å²) in [6.07, 6.45) is 2.13. The van der Waals surface area contributed by atoms with E-state index in [1.54, 1.807) is 4.90 Å². The fraction of sp³-hybridized carbons (Fsp3) is 0.846. The number of nitrogens with two attached hydrogens (primary N) is 1. The number of nitrogens with zero attached hydrogens (tertiary/aromatic N) is 1. The highest BCUT2D eigenvalue weighted by atomic mass is 16.2. The monoisotopic (exact) mass is 255 g/mol. The Morgan fingerprint density at radius 1 is 1.28 bits per heavy atom. The van der Waals surface area contributed by atoms with Crippen molar-refractivity contribution in [2.75, 3.05) is 19.6 Å². The summed E-state index contributed by atoms with van der Waals surface area (Å²) in [5.74, 6) is -0.0753. The molecule has 104 valence electrons. The molecule has 0 saturated carbocycles. The highest BCUT2D eigenvalue weighted by molar-refractivity contribution is 5.85. The van der Waals surface area contributed by atoms with Crippen LogP contribution in [0, 0.1) is 5.41 Å². The van der Waals surface area contributed by atoms with Crippen LogP contribution in [0.2, 0.25) is 0 Å². The summed E-state index contributed by atoms with van der Waals surface area (Å²) in [5, 5.41) is 2.69. The molecule has 0 bridgehead atoms. The van der Waals surface area contributed by atoms with Crippen LogP contribution in [0.15, 0.2) is 0 Å². The first kappa shape index (κ1) is 15.0. The normalized spacial score (nSPS) is 17.7. The van der Waals surface area contributed by atoms with E-state index in [1.807, 2.05) is 20.8 Å². The Morgan fingerprint density at radius 3 is 2.33 bits per heavy atom. The first-order valence-electron chi connectivity index (χ1n) is 6.58. The molecule has 0 aromatic carbocycles. The maximum atomic E-state index is 11.8. The Balaban J connectivity index is 2.27. The Labute approximate surface area is 109 Å². The van der Waals surface area contributed by atoms with Crippen LogP contribution in [0.4, 0.5) is 0 Å². The van der Waals surface area contributed by atoms with Crippen molar-refractivity contribution in [1.29, 1.82) is 0 Å². The average molecular weight is 255 g/mol. The molecule has 0 spiro atoms. The molecule has 0 aromatic rings. The molecular formula is C13H25N3O2. The molecule has 1 rings (SSSR count). The summed E-state index contributed by atoms with van der Waals surface area (Å²) in [7, 11) is 0. The second-order valence-corrected chi connectivity index (χ2v) is 6.23. The minimum absolute atomic E-state index is 0.0100. The van der Waals surface area contributed by atoms with Crippen molar-refractivity contribution in [3.63, 3.8) is 0 Å². The molecule has 0 radical (unpaired) electrons. The number of carbonyl (C=O) groups excluding carboxylic acids is 2. The van der Waals surface area contributed by atoms with Gasteiger partial charge in [0, 0.05) is 25.6 Å². The summed E-state index contributed by atoms with van der Waals surface area (Å²) in [6, 6.07) is 0.213. The third kappa shape index (κ3) is 5.49. The van der Waals surface area contributed by atoms with E-state index in [0.29, 0.717) is 19.5 Å². The highest BCUT2D eigenvalue weighted by Gasteiger charge is 2.21. The fourth-order valence-electron chi connectivity index (χ4n) is 1.98. The summed E-state index contributed by atoms with van der Waals surface area (Å²) in [5.41, 5.74) is 5.73. The van der Waals surface area contributed by atoms with Gasteiger partial charge in [-0.2, -0.15) is 0 Å². The van der Waals surface area contributed by atoms with Crippen LogP contribution in [0.1, 0.15) is 40.0 Å². The zero-order valence-electron chi connectivity index (χ0n) is 11.7. The first-order chi connectivity index (χ1) is 8.28. The highest BCUT2D eigenvalue weighted by Crippen LogP contribution is 2.17. The van der Waals surface area contributed by atoms with Crippen LogP contribution in [-0.2, 0) is 9.59 Å². The van der Waals surface area contributed by atoms with Gasteiger partial charge in [-0.1, -0.05) is 20.8 Å². The van der Waals surface area contributed by atoms with Crippen molar-refractivity contribution in [1.82, 2.24) is 10.2 Å². The number of rotatable bonds is 3. The molecule has 2 amide bonds. The van der Waals surface area contributed by atoms with Gasteiger partial charge in [0.15, 0.2) is 0 Å². The Morgan fingerprint density at radius 2 is 1.83 bits per heavy atom. The molecule has 1 heterocycles. The number of piperidine rings is 1. The number of hydrogen-bond donors (Lipinski definition) is 2. The third-order valence-corrected chi connectivity index (χ3v) is 3.02. The zero-order chi connectivity index (χ0) is 13.8. The predicted octanol–water partition coefficient (Wildman–Crippen LogP) is 0.489. The van der Waals surface area contributed by atoms with E-state index in [0.717, 1.165) is 12.8 Å². The molecule has 5 nitrogen and oxygen atoms in total. The zero-order valence-corrected chi connectivity index (χ0v) is 11.7. The molecule has 1 saturated heterocycles. The van der Waals surface area contributed by atoms with Gasteiger partial charge in [-0.15, -0.1) is 0 Å². The summed E-state index contributed by atoms with van der Waals surface area (Å²) < 4.78 is 0. The number of carbonyl (C=O) groups is 2. The predicted molar refractivity (Wildman–Crippen MR) is 70.9 cm³/mol. The van der Waals surface area contributed by atoms with Crippen LogP contribution in [0.5, 0.6) is 0 Å². The van der Waals surface area contributed by atoms with Crippen LogP contribution in [0.3, 0.4) is 0 Å². The molecule has 3 N–H and O–H groups in total. The second kappa shape index (κ2) is 6.18. The summed E-state index contributed by atoms with van der Waals surface area (Å²) in [4.78, 5) is 25.2. The molecule has 0 atom stereocenters. The lowest BCUT2D eigenvalue weighted by atomic mass is 9.92. The topological polar surface area (TPSA) is 75.4 Å². The van der Waals surface area contributed by atoms with Gasteiger partial charge in [-0.05, 0) is 18.3 Å². The SMILES string of the molecule is CC(C)(C)CC(=O)NCC(=O)N1CCC(N)CC1. The van der Waals surface area contributed by atoms with E-state index < -0.39 is 0 Å². The Bertz CT molecular complexity index is 302. The van der Waals surface area contributed by atoms with Crippen molar-refractivity contribution < 1.29 is 9.59 Å². The van der Waals surface area contributed by atoms with E-state index >= 15 is 0 Å². The van der Waals surface area contributed by atoms with Gasteiger partial charge in [0.25, 0.3) is 0 Å². The lowest BCUT2D eigenvalue weighted by molar-refractivity contribution is -0.134. The molecule has 1 aliphatic rings. The maximum Gasteiger partial charge on any atom is 0.241 e. The minimum Gasteiger partial charge on any atom is -0.347 e. The molecule has 0 aliphatic carbocycles. The Hall–Kier alpha value is -1.10. The smallest absolute Gasteiger partial charge is 0.241 e. The van der Waals surface area contributed by atoms with Crippen LogP contribution in [0.25, 0.3) is 0 Å². The van der Waals surface area contributed by atoms with E-state index in [9.17, 15) is 9.59 Å². The number of hydrogen-bond acceptors (Lipinski definition) is 3. The molecule has 1 fully saturated rings. The fourth-order valence-corrected chi connectivity index (χ4v) is 1.98. The minimum atomic E-state index is -0.0652. The van der Waals surface area contributed by atoms with E-state index in [-0.39, 0.29) is 29.8 Å². The number of likely N-dealkylation sites (tertiary alicyclic amines) is 1. The lowest BCUT2D eigenvalue weighted by Crippen LogP contribution is -2.46. The standard InChI is InChI=1S/C13H25N3O2/c1-13(2,3)8-11(17)15-9-12(18)16-6-4-10(14)5-7-16/h10H,4-9,14H2,1-3H3,(H,15,17). The molecule has 18 heavy (non-hydrogen) atoms. The van der Waals surface area contributed by atoms with Gasteiger partial charge >= 0.3 is 0 Å². The van der Waals surface area contributed by atoms with Gasteiger partial charge in [0.2, 0.25) is 11.8 Å². The molecule has 0 aromatic heterocycles. The van der Waals surface area contributed by atoms with Gasteiger partial charge in [-0.3, -0.25) is 9.59 Å². The average Bonchev–Trinajstić information content (AvgIpc) is 2.24. The number of nitrogens with one attached hydrogen (secondary N) is 1. The van der Waals surface area contributed by atoms with E-state index in [1.165, 1.54) is 0 Å². The largest absolute Gasteiger partial charge is 0.347 e. The molecule has 0 unspecified atom stereocenters. The van der Waals surface area contributed by atoms with Crippen molar-refractivity contribution in [2.24, 2.45) is 11.1 Å². The van der Waals surface area contributed by atoms with Gasteiger partial charge in [-0.25, -0.2) is 0 Å². The molecule has 1 aliphatic heterocycles. The van der Waals surface area contributed by atoms with E-state index in [4.69, 9.17) is 5.73 Å².